The lowest BCUT2D eigenvalue weighted by Crippen LogP contribution is -2.33. The third-order valence-electron chi connectivity index (χ3n) is 4.94. The molecule has 30 heavy (non-hydrogen) atoms. The first-order chi connectivity index (χ1) is 14.5. The van der Waals surface area contributed by atoms with Gasteiger partial charge in [0, 0.05) is 5.02 Å². The van der Waals surface area contributed by atoms with Crippen molar-refractivity contribution in [2.45, 2.75) is 6.92 Å². The average Bonchev–Trinajstić information content (AvgIpc) is 2.99. The molecular formula is C24H19ClN2O3. The summed E-state index contributed by atoms with van der Waals surface area (Å²) in [6.45, 7) is 1.86. The van der Waals surface area contributed by atoms with Crippen molar-refractivity contribution in [2.75, 3.05) is 17.3 Å². The summed E-state index contributed by atoms with van der Waals surface area (Å²) in [5.41, 5.74) is 3.05. The van der Waals surface area contributed by atoms with Crippen molar-refractivity contribution in [1.82, 2.24) is 0 Å². The van der Waals surface area contributed by atoms with E-state index < -0.39 is 11.8 Å². The molecule has 0 atom stereocenters. The van der Waals surface area contributed by atoms with Crippen molar-refractivity contribution in [3.63, 3.8) is 0 Å². The van der Waals surface area contributed by atoms with E-state index in [1.165, 1.54) is 4.90 Å². The molecule has 2 amide bonds. The van der Waals surface area contributed by atoms with Crippen LogP contribution in [-0.4, -0.2) is 18.9 Å². The van der Waals surface area contributed by atoms with Gasteiger partial charge in [-0.3, -0.25) is 9.59 Å². The van der Waals surface area contributed by atoms with Gasteiger partial charge in [-0.05, 0) is 48.4 Å². The molecular weight excluding hydrogens is 400 g/mol. The van der Waals surface area contributed by atoms with E-state index in [9.17, 15) is 9.59 Å². The van der Waals surface area contributed by atoms with Crippen molar-refractivity contribution in [3.8, 4) is 5.75 Å². The lowest BCUT2D eigenvalue weighted by atomic mass is 10.0. The number of nitrogens with zero attached hydrogens (tertiary/aromatic N) is 1. The van der Waals surface area contributed by atoms with Gasteiger partial charge in [0.05, 0.1) is 24.1 Å². The van der Waals surface area contributed by atoms with Gasteiger partial charge in [-0.15, -0.1) is 0 Å². The summed E-state index contributed by atoms with van der Waals surface area (Å²) in [5.74, 6) is -0.255. The summed E-state index contributed by atoms with van der Waals surface area (Å²) in [7, 11) is 1.55. The van der Waals surface area contributed by atoms with Crippen LogP contribution in [0, 0.1) is 6.92 Å². The van der Waals surface area contributed by atoms with Crippen LogP contribution in [0.4, 0.5) is 11.4 Å². The minimum atomic E-state index is -0.426. The Morgan fingerprint density at radius 2 is 1.53 bits per heavy atom. The highest BCUT2D eigenvalue weighted by Crippen LogP contribution is 2.36. The Kier molecular flexibility index (Phi) is 5.29. The van der Waals surface area contributed by atoms with E-state index in [1.807, 2.05) is 31.2 Å². The predicted octanol–water partition coefficient (Wildman–Crippen LogP) is 5.05. The van der Waals surface area contributed by atoms with E-state index in [0.29, 0.717) is 27.7 Å². The van der Waals surface area contributed by atoms with Crippen LogP contribution >= 0.6 is 11.6 Å². The summed E-state index contributed by atoms with van der Waals surface area (Å²) in [6, 6.07) is 21.4. The van der Waals surface area contributed by atoms with Gasteiger partial charge in [-0.2, -0.15) is 0 Å². The number of carbonyl (C=O) groups excluding carboxylic acids is 2. The summed E-state index contributed by atoms with van der Waals surface area (Å²) in [5, 5.41) is 3.68. The molecule has 0 fully saturated rings. The van der Waals surface area contributed by atoms with Crippen molar-refractivity contribution in [1.29, 1.82) is 0 Å². The van der Waals surface area contributed by atoms with Crippen molar-refractivity contribution in [3.05, 3.63) is 94.6 Å². The maximum absolute atomic E-state index is 13.5. The average molecular weight is 419 g/mol. The molecule has 3 aromatic rings. The number of halogens is 1. The molecule has 5 nitrogen and oxygen atoms in total. The van der Waals surface area contributed by atoms with Gasteiger partial charge in [0.25, 0.3) is 11.8 Å². The third-order valence-corrected chi connectivity index (χ3v) is 5.19. The molecule has 3 aromatic carbocycles. The Morgan fingerprint density at radius 1 is 0.867 bits per heavy atom. The quantitative estimate of drug-likeness (QED) is 0.589. The van der Waals surface area contributed by atoms with Gasteiger partial charge in [0.15, 0.2) is 0 Å². The first-order valence-corrected chi connectivity index (χ1v) is 9.73. The fourth-order valence-corrected chi connectivity index (χ4v) is 3.57. The van der Waals surface area contributed by atoms with E-state index >= 15 is 0 Å². The molecule has 4 rings (SSSR count). The van der Waals surface area contributed by atoms with Crippen LogP contribution in [-0.2, 0) is 9.59 Å². The second kappa shape index (κ2) is 8.05. The standard InChI is InChI=1S/C24H19ClN2O3/c1-15-7-3-5-9-19(15)27-23(28)21(16-11-13-17(25)14-12-16)22(24(27)29)26-18-8-4-6-10-20(18)30-2/h3-14,26H,1-2H3. The van der Waals surface area contributed by atoms with Gasteiger partial charge in [0.1, 0.15) is 11.4 Å². The SMILES string of the molecule is COc1ccccc1NC1=C(c2ccc(Cl)cc2)C(=O)N(c2ccccc2C)C1=O. The number of ether oxygens (including phenoxy) is 1. The van der Waals surface area contributed by atoms with E-state index in [1.54, 1.807) is 55.6 Å². The number of benzene rings is 3. The number of para-hydroxylation sites is 3. The molecule has 0 aliphatic carbocycles. The monoisotopic (exact) mass is 418 g/mol. The summed E-state index contributed by atoms with van der Waals surface area (Å²) in [6.07, 6.45) is 0. The van der Waals surface area contributed by atoms with Gasteiger partial charge in [-0.1, -0.05) is 54.1 Å². The van der Waals surface area contributed by atoms with E-state index in [0.717, 1.165) is 5.56 Å². The van der Waals surface area contributed by atoms with Crippen LogP contribution in [0.3, 0.4) is 0 Å². The third kappa shape index (κ3) is 3.44. The second-order valence-corrected chi connectivity index (χ2v) is 7.25. The Bertz CT molecular complexity index is 1170. The largest absolute Gasteiger partial charge is 0.495 e. The van der Waals surface area contributed by atoms with Gasteiger partial charge < -0.3 is 10.1 Å². The molecule has 1 aliphatic heterocycles. The lowest BCUT2D eigenvalue weighted by molar-refractivity contribution is -0.120. The fraction of sp³-hybridized carbons (Fsp3) is 0.0833. The summed E-state index contributed by atoms with van der Waals surface area (Å²) >= 11 is 6.02. The molecule has 150 valence electrons. The van der Waals surface area contributed by atoms with Crippen LogP contribution in [0.5, 0.6) is 5.75 Å². The van der Waals surface area contributed by atoms with Gasteiger partial charge in [-0.25, -0.2) is 4.90 Å². The molecule has 0 aromatic heterocycles. The highest BCUT2D eigenvalue weighted by Gasteiger charge is 2.41. The van der Waals surface area contributed by atoms with Crippen molar-refractivity contribution >= 4 is 40.4 Å². The van der Waals surface area contributed by atoms with Crippen LogP contribution in [0.25, 0.3) is 5.57 Å². The Hall–Kier alpha value is -3.57. The Labute approximate surface area is 179 Å². The highest BCUT2D eigenvalue weighted by molar-refractivity contribution is 6.46. The molecule has 0 radical (unpaired) electrons. The van der Waals surface area contributed by atoms with Gasteiger partial charge in [0.2, 0.25) is 0 Å². The molecule has 0 spiro atoms. The smallest absolute Gasteiger partial charge is 0.282 e. The number of anilines is 2. The van der Waals surface area contributed by atoms with Crippen LogP contribution in [0.15, 0.2) is 78.5 Å². The minimum absolute atomic E-state index is 0.190. The van der Waals surface area contributed by atoms with Gasteiger partial charge >= 0.3 is 0 Å². The highest BCUT2D eigenvalue weighted by atomic mass is 35.5. The topological polar surface area (TPSA) is 58.6 Å². The van der Waals surface area contributed by atoms with Crippen LogP contribution in [0.1, 0.15) is 11.1 Å². The second-order valence-electron chi connectivity index (χ2n) is 6.81. The van der Waals surface area contributed by atoms with E-state index in [-0.39, 0.29) is 11.3 Å². The number of aryl methyl sites for hydroxylation is 1. The van der Waals surface area contributed by atoms with Crippen molar-refractivity contribution in [2.24, 2.45) is 0 Å². The number of hydrogen-bond donors (Lipinski definition) is 1. The summed E-state index contributed by atoms with van der Waals surface area (Å²) in [4.78, 5) is 28.1. The summed E-state index contributed by atoms with van der Waals surface area (Å²) < 4.78 is 5.39. The Balaban J connectivity index is 1.86. The van der Waals surface area contributed by atoms with Crippen LogP contribution < -0.4 is 15.0 Å². The molecule has 0 saturated heterocycles. The molecule has 1 N–H and O–H groups in total. The first kappa shape index (κ1) is 19.7. The van der Waals surface area contributed by atoms with Crippen molar-refractivity contribution < 1.29 is 14.3 Å². The maximum Gasteiger partial charge on any atom is 0.282 e. The Morgan fingerprint density at radius 3 is 2.23 bits per heavy atom. The lowest BCUT2D eigenvalue weighted by Gasteiger charge is -2.18. The first-order valence-electron chi connectivity index (χ1n) is 9.36. The molecule has 0 bridgehead atoms. The minimum Gasteiger partial charge on any atom is -0.495 e. The number of nitrogens with one attached hydrogen (secondary N) is 1. The zero-order chi connectivity index (χ0) is 21.3. The van der Waals surface area contributed by atoms with Crippen LogP contribution in [0.2, 0.25) is 5.02 Å². The maximum atomic E-state index is 13.5. The van der Waals surface area contributed by atoms with E-state index in [4.69, 9.17) is 16.3 Å². The predicted molar refractivity (Wildman–Crippen MR) is 119 cm³/mol. The van der Waals surface area contributed by atoms with E-state index in [2.05, 4.69) is 5.32 Å². The molecule has 1 aliphatic rings. The molecule has 0 unspecified atom stereocenters. The number of hydrogen-bond acceptors (Lipinski definition) is 4. The number of methoxy groups -OCH3 is 1. The number of imide groups is 1. The zero-order valence-electron chi connectivity index (χ0n) is 16.5. The number of carbonyl (C=O) groups is 2. The molecule has 0 saturated carbocycles. The fourth-order valence-electron chi connectivity index (χ4n) is 3.45. The normalized spacial score (nSPS) is 13.8. The zero-order valence-corrected chi connectivity index (χ0v) is 17.2. The number of amides is 2. The number of rotatable bonds is 5. The molecule has 1 heterocycles. The molecule has 6 heteroatoms.